The number of quaternary nitrogens is 1. The summed E-state index contributed by atoms with van der Waals surface area (Å²) in [7, 11) is 4.10. The monoisotopic (exact) mass is 203 g/mol. The van der Waals surface area contributed by atoms with Gasteiger partial charge in [-0.2, -0.15) is 7.05 Å². The van der Waals surface area contributed by atoms with Crippen molar-refractivity contribution in [3.05, 3.63) is 42.5 Å². The van der Waals surface area contributed by atoms with Gasteiger partial charge in [-0.05, 0) is 25.0 Å². The van der Waals surface area contributed by atoms with Crippen LogP contribution in [-0.4, -0.2) is 13.1 Å². The molecule has 1 aliphatic carbocycles. The lowest BCUT2D eigenvalue weighted by atomic mass is 9.74. The summed E-state index contributed by atoms with van der Waals surface area (Å²) in [6.45, 7) is 6.68. The van der Waals surface area contributed by atoms with Crippen molar-refractivity contribution in [2.45, 2.75) is 26.7 Å². The van der Waals surface area contributed by atoms with Crippen LogP contribution >= 0.6 is 0 Å². The molecule has 1 heteroatoms. The second kappa shape index (κ2) is 3.97. The molecule has 0 radical (unpaired) electrons. The van der Waals surface area contributed by atoms with Gasteiger partial charge < -0.3 is 4.90 Å². The van der Waals surface area contributed by atoms with E-state index in [4.69, 9.17) is 0 Å². The first kappa shape index (κ1) is 10.7. The minimum absolute atomic E-state index is 0.345. The van der Waals surface area contributed by atoms with Crippen LogP contribution in [0.4, 0.5) is 0 Å². The lowest BCUT2D eigenvalue weighted by Gasteiger charge is -2.39. The molecule has 0 bridgehead atoms. The van der Waals surface area contributed by atoms with Crippen LogP contribution in [-0.2, 0) is 0 Å². The van der Waals surface area contributed by atoms with Gasteiger partial charge in [0.15, 0.2) is 0 Å². The maximum Gasteiger partial charge on any atom is 0.0542 e. The van der Waals surface area contributed by atoms with Gasteiger partial charge in [-0.3, -0.25) is 0 Å². The summed E-state index contributed by atoms with van der Waals surface area (Å²) < 4.78 is 0. The molecule has 15 heavy (non-hydrogen) atoms. The van der Waals surface area contributed by atoms with Crippen molar-refractivity contribution in [2.75, 3.05) is 13.1 Å². The molecule has 0 saturated carbocycles. The summed E-state index contributed by atoms with van der Waals surface area (Å²) in [6, 6.07) is 0. The fourth-order valence-electron chi connectivity index (χ4n) is 2.91. The molecule has 2 aliphatic rings. The Morgan fingerprint density at radius 3 is 2.47 bits per heavy atom. The maximum absolute atomic E-state index is 4.10. The number of hydrogen-bond donors (Lipinski definition) is 1. The Morgan fingerprint density at radius 2 is 1.93 bits per heavy atom. The highest BCUT2D eigenvalue weighted by Crippen LogP contribution is 2.46. The minimum Gasteiger partial charge on any atom is -0.468 e. The molecule has 1 spiro atoms. The molecule has 1 aliphatic heterocycles. The number of piperidine rings is 1. The zero-order chi connectivity index (χ0) is 10.9. The molecule has 0 amide bonds. The Labute approximate surface area is 93.2 Å². The summed E-state index contributed by atoms with van der Waals surface area (Å²) in [5.41, 5.74) is 3.31. The largest absolute Gasteiger partial charge is 0.468 e. The first-order valence-electron chi connectivity index (χ1n) is 5.91. The number of nitrogens with one attached hydrogen (secondary N) is 1. The number of likely N-dealkylation sites (tertiary alicyclic amines) is 1. The number of rotatable bonds is 0. The second-order valence-corrected chi connectivity index (χ2v) is 4.69. The van der Waals surface area contributed by atoms with Crippen LogP contribution in [0.5, 0.6) is 0 Å². The third-order valence-corrected chi connectivity index (χ3v) is 3.88. The first-order chi connectivity index (χ1) is 7.22. The van der Waals surface area contributed by atoms with E-state index in [0.29, 0.717) is 5.41 Å². The first-order valence-corrected chi connectivity index (χ1v) is 5.91. The van der Waals surface area contributed by atoms with Gasteiger partial charge in [-0.15, -0.1) is 0 Å². The Morgan fingerprint density at radius 1 is 1.27 bits per heavy atom. The van der Waals surface area contributed by atoms with Crippen LogP contribution in [0.15, 0.2) is 35.5 Å². The maximum atomic E-state index is 4.10. The molecule has 1 nitrogen and oxygen atoms in total. The van der Waals surface area contributed by atoms with E-state index in [1.165, 1.54) is 42.0 Å². The van der Waals surface area contributed by atoms with Crippen LogP contribution in [0, 0.1) is 12.5 Å². The molecular weight excluding hydrogens is 182 g/mol. The van der Waals surface area contributed by atoms with Crippen LogP contribution in [0.2, 0.25) is 0 Å². The summed E-state index contributed by atoms with van der Waals surface area (Å²) in [5, 5.41) is 0. The Bertz CT molecular complexity index is 325. The molecule has 0 unspecified atom stereocenters. The van der Waals surface area contributed by atoms with Gasteiger partial charge in [-0.1, -0.05) is 24.3 Å². The number of hydrogen-bond acceptors (Lipinski definition) is 0. The lowest BCUT2D eigenvalue weighted by Crippen LogP contribution is -3.08. The molecule has 2 rings (SSSR count). The average Bonchev–Trinajstić information content (AvgIpc) is 2.61. The quantitative estimate of drug-likeness (QED) is 0.574. The predicted molar refractivity (Wildman–Crippen MR) is 64.4 cm³/mol. The topological polar surface area (TPSA) is 4.44 Å². The summed E-state index contributed by atoms with van der Waals surface area (Å²) in [5.74, 6) is 0. The fourth-order valence-corrected chi connectivity index (χ4v) is 2.91. The molecule has 1 heterocycles. The Hall–Kier alpha value is -0.820. The third kappa shape index (κ3) is 1.69. The van der Waals surface area contributed by atoms with E-state index in [1.54, 1.807) is 0 Å². The molecule has 1 fully saturated rings. The molecule has 0 aromatic rings. The van der Waals surface area contributed by atoms with E-state index in [1.807, 2.05) is 0 Å². The van der Waals surface area contributed by atoms with Crippen LogP contribution < -0.4 is 4.90 Å². The van der Waals surface area contributed by atoms with Crippen molar-refractivity contribution in [2.24, 2.45) is 5.41 Å². The van der Waals surface area contributed by atoms with Gasteiger partial charge in [0, 0.05) is 18.3 Å². The van der Waals surface area contributed by atoms with Gasteiger partial charge >= 0.3 is 0 Å². The summed E-state index contributed by atoms with van der Waals surface area (Å²) in [6.07, 6.45) is 11.7. The van der Waals surface area contributed by atoms with E-state index in [2.05, 4.69) is 45.2 Å². The van der Waals surface area contributed by atoms with Crippen LogP contribution in [0.1, 0.15) is 26.7 Å². The summed E-state index contributed by atoms with van der Waals surface area (Å²) >= 11 is 0. The Kier molecular flexibility index (Phi) is 2.83. The van der Waals surface area contributed by atoms with Gasteiger partial charge in [0.1, 0.15) is 0 Å². The molecule has 1 saturated heterocycles. The van der Waals surface area contributed by atoms with E-state index >= 15 is 0 Å². The van der Waals surface area contributed by atoms with Crippen molar-refractivity contribution < 1.29 is 4.90 Å². The van der Waals surface area contributed by atoms with Crippen molar-refractivity contribution in [3.63, 3.8) is 0 Å². The summed E-state index contributed by atoms with van der Waals surface area (Å²) in [4.78, 5) is 1.43. The molecular formula is C14H21N. The van der Waals surface area contributed by atoms with E-state index in [9.17, 15) is 0 Å². The van der Waals surface area contributed by atoms with Crippen molar-refractivity contribution >= 4 is 0 Å². The second-order valence-electron chi connectivity index (χ2n) is 4.69. The average molecular weight is 203 g/mol. The lowest BCUT2D eigenvalue weighted by molar-refractivity contribution is -0.861. The normalized spacial score (nSPS) is 40.9. The van der Waals surface area contributed by atoms with E-state index < -0.39 is 0 Å². The SMILES string of the molecule is [CH2-][NH+]1CCC2(C=CC(=CC)C2=CC)CC1. The Balaban J connectivity index is 2.27. The zero-order valence-corrected chi connectivity index (χ0v) is 9.84. The van der Waals surface area contributed by atoms with Crippen molar-refractivity contribution in [1.29, 1.82) is 0 Å². The smallest absolute Gasteiger partial charge is 0.0542 e. The minimum atomic E-state index is 0.345. The van der Waals surface area contributed by atoms with Gasteiger partial charge in [0.05, 0.1) is 13.1 Å². The predicted octanol–water partition coefficient (Wildman–Crippen LogP) is 1.91. The van der Waals surface area contributed by atoms with E-state index in [-0.39, 0.29) is 0 Å². The molecule has 0 atom stereocenters. The van der Waals surface area contributed by atoms with Crippen LogP contribution in [0.3, 0.4) is 0 Å². The highest BCUT2D eigenvalue weighted by molar-refractivity contribution is 5.52. The zero-order valence-electron chi connectivity index (χ0n) is 9.84. The van der Waals surface area contributed by atoms with Gasteiger partial charge in [-0.25, -0.2) is 0 Å². The fraction of sp³-hybridized carbons (Fsp3) is 0.500. The van der Waals surface area contributed by atoms with Crippen molar-refractivity contribution in [1.82, 2.24) is 0 Å². The molecule has 0 aromatic carbocycles. The van der Waals surface area contributed by atoms with Gasteiger partial charge in [0.2, 0.25) is 0 Å². The van der Waals surface area contributed by atoms with Crippen LogP contribution in [0.25, 0.3) is 0 Å². The molecule has 0 aromatic heterocycles. The highest BCUT2D eigenvalue weighted by atomic mass is 15.1. The van der Waals surface area contributed by atoms with Gasteiger partial charge in [0.25, 0.3) is 0 Å². The van der Waals surface area contributed by atoms with Crippen molar-refractivity contribution in [3.8, 4) is 0 Å². The highest BCUT2D eigenvalue weighted by Gasteiger charge is 2.39. The molecule has 1 N–H and O–H groups in total. The third-order valence-electron chi connectivity index (χ3n) is 3.88. The number of allylic oxidation sites excluding steroid dienone is 6. The molecule has 82 valence electrons. The van der Waals surface area contributed by atoms with E-state index in [0.717, 1.165) is 0 Å². The standard InChI is InChI=1S/C14H21N/c1-4-12-6-7-14(13(12)5-2)8-10-15(3)11-9-14/h4-7,15H,3,8-11H2,1-2H3.